The number of carbonyl (C=O) groups is 2. The molecule has 2 amide bonds. The molecular weight excluding hydrogens is 340 g/mol. The Kier molecular flexibility index (Phi) is 5.98. The van der Waals surface area contributed by atoms with E-state index in [2.05, 4.69) is 11.9 Å². The third-order valence-corrected chi connectivity index (χ3v) is 4.20. The van der Waals surface area contributed by atoms with E-state index in [1.165, 1.54) is 0 Å². The molecule has 0 saturated carbocycles. The van der Waals surface area contributed by atoms with Gasteiger partial charge < -0.3 is 45.2 Å². The molecule has 0 radical (unpaired) electrons. The van der Waals surface area contributed by atoms with Crippen molar-refractivity contribution in [3.8, 4) is 0 Å². The topological polar surface area (TPSA) is 169 Å². The number of nitrogens with zero attached hydrogens (tertiary/aromatic N) is 1. The second-order valence-corrected chi connectivity index (χ2v) is 6.12. The van der Waals surface area contributed by atoms with E-state index in [9.17, 15) is 24.9 Å². The van der Waals surface area contributed by atoms with E-state index in [1.807, 2.05) is 0 Å². The monoisotopic (exact) mass is 362 g/mol. The van der Waals surface area contributed by atoms with E-state index in [0.717, 1.165) is 11.0 Å². The van der Waals surface area contributed by atoms with Crippen molar-refractivity contribution in [2.75, 3.05) is 26.3 Å². The van der Waals surface area contributed by atoms with Crippen molar-refractivity contribution in [2.45, 2.75) is 36.2 Å². The molecule has 142 valence electrons. The quantitative estimate of drug-likeness (QED) is 0.267. The maximum Gasteiger partial charge on any atom is 0.407 e. The third kappa shape index (κ3) is 4.08. The molecule has 0 bridgehead atoms. The zero-order valence-corrected chi connectivity index (χ0v) is 13.3. The van der Waals surface area contributed by atoms with E-state index < -0.39 is 54.9 Å². The molecule has 25 heavy (non-hydrogen) atoms. The molecule has 2 aliphatic heterocycles. The number of aliphatic hydroxyl groups excluding tert-OH is 4. The lowest BCUT2D eigenvalue weighted by Gasteiger charge is -2.49. The lowest BCUT2D eigenvalue weighted by atomic mass is 9.90. The summed E-state index contributed by atoms with van der Waals surface area (Å²) in [5.74, 6) is -0.526. The Hall–Kier alpha value is -1.76. The first-order chi connectivity index (χ1) is 11.7. The van der Waals surface area contributed by atoms with Gasteiger partial charge in [-0.1, -0.05) is 6.58 Å². The second-order valence-electron chi connectivity index (χ2n) is 6.12. The predicted octanol–water partition coefficient (Wildman–Crippen LogP) is -3.16. The van der Waals surface area contributed by atoms with Crippen LogP contribution in [0, 0.1) is 0 Å². The van der Waals surface area contributed by atoms with Crippen molar-refractivity contribution in [3.63, 3.8) is 0 Å². The van der Waals surface area contributed by atoms with E-state index in [0.29, 0.717) is 0 Å². The van der Waals surface area contributed by atoms with Gasteiger partial charge in [0, 0.05) is 0 Å². The first kappa shape index (κ1) is 19.6. The van der Waals surface area contributed by atoms with Crippen molar-refractivity contribution >= 4 is 12.0 Å². The van der Waals surface area contributed by atoms with Gasteiger partial charge in [0.15, 0.2) is 6.29 Å². The Bertz CT molecular complexity index is 520. The van der Waals surface area contributed by atoms with Gasteiger partial charge in [0.05, 0.1) is 31.8 Å². The van der Waals surface area contributed by atoms with Gasteiger partial charge in [0.2, 0.25) is 5.91 Å². The highest BCUT2D eigenvalue weighted by molar-refractivity contribution is 5.88. The van der Waals surface area contributed by atoms with Crippen molar-refractivity contribution in [2.24, 2.45) is 0 Å². The van der Waals surface area contributed by atoms with Crippen molar-refractivity contribution in [3.05, 3.63) is 12.7 Å². The molecule has 2 aliphatic rings. The van der Waals surface area contributed by atoms with Crippen LogP contribution in [0.2, 0.25) is 0 Å². The number of amides is 2. The van der Waals surface area contributed by atoms with Gasteiger partial charge in [-0.15, -0.1) is 0 Å². The van der Waals surface area contributed by atoms with Crippen LogP contribution >= 0.6 is 0 Å². The van der Waals surface area contributed by atoms with Crippen LogP contribution in [0.1, 0.15) is 0 Å². The summed E-state index contributed by atoms with van der Waals surface area (Å²) in [6.07, 6.45) is -7.31. The number of hydrogen-bond acceptors (Lipinski definition) is 8. The van der Waals surface area contributed by atoms with Crippen LogP contribution in [0.3, 0.4) is 0 Å². The Labute approximate surface area is 143 Å². The number of aliphatic hydroxyl groups is 4. The maximum atomic E-state index is 11.6. The Morgan fingerprint density at radius 3 is 2.44 bits per heavy atom. The van der Waals surface area contributed by atoms with Gasteiger partial charge >= 0.3 is 6.09 Å². The minimum Gasteiger partial charge on any atom is -0.465 e. The maximum absolute atomic E-state index is 11.6. The molecule has 5 atom stereocenters. The molecule has 2 fully saturated rings. The largest absolute Gasteiger partial charge is 0.465 e. The number of rotatable bonds is 6. The Balaban J connectivity index is 2.01. The van der Waals surface area contributed by atoms with E-state index >= 15 is 0 Å². The minimum atomic E-state index is -1.59. The van der Waals surface area contributed by atoms with Gasteiger partial charge in [0.1, 0.15) is 24.4 Å². The molecular formula is C14H22N2O9. The summed E-state index contributed by atoms with van der Waals surface area (Å²) in [7, 11) is 0. The molecule has 0 aromatic heterocycles. The normalized spacial score (nSPS) is 34.1. The average Bonchev–Trinajstić information content (AvgIpc) is 2.55. The molecule has 0 unspecified atom stereocenters. The summed E-state index contributed by atoms with van der Waals surface area (Å²) >= 11 is 0. The molecule has 0 aromatic rings. The van der Waals surface area contributed by atoms with Crippen molar-refractivity contribution in [1.82, 2.24) is 10.2 Å². The van der Waals surface area contributed by atoms with Gasteiger partial charge in [-0.3, -0.25) is 4.79 Å². The van der Waals surface area contributed by atoms with E-state index in [4.69, 9.17) is 19.7 Å². The second kappa shape index (κ2) is 7.64. The van der Waals surface area contributed by atoms with Gasteiger partial charge in [-0.2, -0.15) is 0 Å². The lowest BCUT2D eigenvalue weighted by molar-refractivity contribution is -0.305. The number of ether oxygens (including phenoxy) is 2. The Morgan fingerprint density at radius 2 is 1.92 bits per heavy atom. The highest BCUT2D eigenvalue weighted by atomic mass is 16.7. The van der Waals surface area contributed by atoms with Gasteiger partial charge in [-0.05, 0) is 6.08 Å². The highest BCUT2D eigenvalue weighted by Crippen LogP contribution is 2.26. The number of hydrogen-bond donors (Lipinski definition) is 6. The SMILES string of the molecule is C=CC(=O)NC1(CO[C@@H]2O[C@H](CO)[C@H](O)[C@H](O)[C@H]2O)CN(C(=O)O)C1. The first-order valence-corrected chi connectivity index (χ1v) is 7.57. The van der Waals surface area contributed by atoms with Crippen molar-refractivity contribution in [1.29, 1.82) is 0 Å². The summed E-state index contributed by atoms with van der Waals surface area (Å²) in [6.45, 7) is 2.41. The number of nitrogens with one attached hydrogen (secondary N) is 1. The minimum absolute atomic E-state index is 0.0423. The molecule has 0 spiro atoms. The molecule has 2 rings (SSSR count). The molecule has 11 nitrogen and oxygen atoms in total. The van der Waals surface area contributed by atoms with Crippen LogP contribution in [-0.2, 0) is 14.3 Å². The summed E-state index contributed by atoms with van der Waals surface area (Å²) in [6, 6.07) is 0. The first-order valence-electron chi connectivity index (χ1n) is 7.57. The fraction of sp³-hybridized carbons (Fsp3) is 0.714. The zero-order chi connectivity index (χ0) is 18.8. The van der Waals surface area contributed by atoms with Crippen molar-refractivity contribution < 1.29 is 44.6 Å². The number of carbonyl (C=O) groups excluding carboxylic acids is 1. The summed E-state index contributed by atoms with van der Waals surface area (Å²) in [5.41, 5.74) is -1.04. The fourth-order valence-electron chi connectivity index (χ4n) is 2.79. The molecule has 0 aromatic carbocycles. The van der Waals surface area contributed by atoms with Crippen LogP contribution in [0.25, 0.3) is 0 Å². The van der Waals surface area contributed by atoms with E-state index in [1.54, 1.807) is 0 Å². The molecule has 6 N–H and O–H groups in total. The van der Waals surface area contributed by atoms with Crippen LogP contribution in [0.15, 0.2) is 12.7 Å². The predicted molar refractivity (Wildman–Crippen MR) is 80.4 cm³/mol. The number of likely N-dealkylation sites (tertiary alicyclic amines) is 1. The van der Waals surface area contributed by atoms with Crippen LogP contribution in [0.5, 0.6) is 0 Å². The Morgan fingerprint density at radius 1 is 1.28 bits per heavy atom. The lowest BCUT2D eigenvalue weighted by Crippen LogP contribution is -2.73. The summed E-state index contributed by atoms with van der Waals surface area (Å²) < 4.78 is 10.6. The molecule has 11 heteroatoms. The molecule has 2 saturated heterocycles. The van der Waals surface area contributed by atoms with Gasteiger partial charge in [-0.25, -0.2) is 4.79 Å². The highest BCUT2D eigenvalue weighted by Gasteiger charge is 2.49. The zero-order valence-electron chi connectivity index (χ0n) is 13.3. The standard InChI is InChI=1S/C14H22N2O9/c1-2-8(18)15-14(4-16(5-14)13(22)23)6-24-12-11(21)10(20)9(19)7(3-17)25-12/h2,7,9-12,17,19-21H,1,3-6H2,(H,15,18)(H,22,23)/t7-,9+,10+,11-,12-/m1/s1. The average molecular weight is 362 g/mol. The van der Waals surface area contributed by atoms with Crippen LogP contribution < -0.4 is 5.32 Å². The summed E-state index contributed by atoms with van der Waals surface area (Å²) in [4.78, 5) is 23.6. The van der Waals surface area contributed by atoms with Crippen LogP contribution in [0.4, 0.5) is 4.79 Å². The smallest absolute Gasteiger partial charge is 0.407 e. The molecule has 0 aliphatic carbocycles. The van der Waals surface area contributed by atoms with Gasteiger partial charge in [0.25, 0.3) is 0 Å². The third-order valence-electron chi connectivity index (χ3n) is 4.20. The summed E-state index contributed by atoms with van der Waals surface area (Å²) in [5, 5.41) is 50.0. The van der Waals surface area contributed by atoms with Crippen LogP contribution in [-0.4, -0.2) is 105 Å². The fourth-order valence-corrected chi connectivity index (χ4v) is 2.79. The number of carboxylic acid groups (broad SMARTS) is 1. The molecule has 2 heterocycles. The van der Waals surface area contributed by atoms with E-state index in [-0.39, 0.29) is 19.7 Å².